The zero-order valence-electron chi connectivity index (χ0n) is 8.00. The molecule has 0 spiro atoms. The van der Waals surface area contributed by atoms with E-state index in [-0.39, 0.29) is 11.5 Å². The van der Waals surface area contributed by atoms with Crippen molar-refractivity contribution in [2.24, 2.45) is 5.41 Å². The van der Waals surface area contributed by atoms with Gasteiger partial charge in [0.1, 0.15) is 0 Å². The van der Waals surface area contributed by atoms with Gasteiger partial charge in [0.05, 0.1) is 0 Å². The standard InChI is InChI=1S/C9H17NO2/c1-9(2,3)7-5-4-6-10(7)8(11)12/h7H,4-6H2,1-3H3,(H,11,12). The van der Waals surface area contributed by atoms with E-state index in [1.807, 2.05) is 0 Å². The molecule has 1 unspecified atom stereocenters. The number of carboxylic acid groups (broad SMARTS) is 1. The highest BCUT2D eigenvalue weighted by Gasteiger charge is 2.36. The minimum atomic E-state index is -0.771. The van der Waals surface area contributed by atoms with E-state index in [4.69, 9.17) is 5.11 Å². The summed E-state index contributed by atoms with van der Waals surface area (Å²) in [6, 6.07) is 0.204. The summed E-state index contributed by atoms with van der Waals surface area (Å²) in [5, 5.41) is 8.87. The average Bonchev–Trinajstić information content (AvgIpc) is 2.30. The predicted molar refractivity (Wildman–Crippen MR) is 47.2 cm³/mol. The van der Waals surface area contributed by atoms with E-state index in [2.05, 4.69) is 20.8 Å². The molecule has 0 aliphatic carbocycles. The quantitative estimate of drug-likeness (QED) is 0.606. The number of likely N-dealkylation sites (tertiary alicyclic amines) is 1. The van der Waals surface area contributed by atoms with Crippen LogP contribution >= 0.6 is 0 Å². The van der Waals surface area contributed by atoms with Gasteiger partial charge in [0, 0.05) is 12.6 Å². The molecule has 1 saturated heterocycles. The number of rotatable bonds is 0. The van der Waals surface area contributed by atoms with Crippen LogP contribution in [0.5, 0.6) is 0 Å². The first-order valence-corrected chi connectivity index (χ1v) is 4.42. The summed E-state index contributed by atoms with van der Waals surface area (Å²) in [4.78, 5) is 12.4. The van der Waals surface area contributed by atoms with Crippen LogP contribution in [0.15, 0.2) is 0 Å². The van der Waals surface area contributed by atoms with E-state index in [1.54, 1.807) is 4.90 Å². The highest BCUT2D eigenvalue weighted by atomic mass is 16.4. The molecule has 70 valence electrons. The summed E-state index contributed by atoms with van der Waals surface area (Å²) in [5.41, 5.74) is 0.0783. The Bertz CT molecular complexity index is 183. The van der Waals surface area contributed by atoms with Crippen LogP contribution < -0.4 is 0 Å². The van der Waals surface area contributed by atoms with Crippen LogP contribution in [0, 0.1) is 5.41 Å². The Morgan fingerprint density at radius 1 is 1.50 bits per heavy atom. The molecule has 0 bridgehead atoms. The number of hydrogen-bond donors (Lipinski definition) is 1. The van der Waals surface area contributed by atoms with E-state index in [0.29, 0.717) is 6.54 Å². The topological polar surface area (TPSA) is 40.5 Å². The Labute approximate surface area is 73.4 Å². The van der Waals surface area contributed by atoms with Gasteiger partial charge in [-0.2, -0.15) is 0 Å². The van der Waals surface area contributed by atoms with Gasteiger partial charge in [-0.05, 0) is 18.3 Å². The van der Waals surface area contributed by atoms with Crippen LogP contribution in [0.2, 0.25) is 0 Å². The maximum absolute atomic E-state index is 10.8. The molecular weight excluding hydrogens is 154 g/mol. The van der Waals surface area contributed by atoms with Crippen LogP contribution in [0.1, 0.15) is 33.6 Å². The Balaban J connectivity index is 2.71. The summed E-state index contributed by atoms with van der Waals surface area (Å²) in [6.07, 6.45) is 1.25. The lowest BCUT2D eigenvalue weighted by atomic mass is 9.85. The zero-order chi connectivity index (χ0) is 9.35. The van der Waals surface area contributed by atoms with Gasteiger partial charge < -0.3 is 10.0 Å². The molecule has 12 heavy (non-hydrogen) atoms. The van der Waals surface area contributed by atoms with E-state index >= 15 is 0 Å². The molecule has 1 N–H and O–H groups in total. The maximum atomic E-state index is 10.8. The van der Waals surface area contributed by atoms with Crippen molar-refractivity contribution in [3.05, 3.63) is 0 Å². The van der Waals surface area contributed by atoms with Crippen molar-refractivity contribution in [1.29, 1.82) is 0 Å². The highest BCUT2D eigenvalue weighted by molar-refractivity contribution is 5.65. The van der Waals surface area contributed by atoms with Gasteiger partial charge in [-0.15, -0.1) is 0 Å². The molecule has 0 aromatic rings. The van der Waals surface area contributed by atoms with Gasteiger partial charge in [0.2, 0.25) is 0 Å². The second kappa shape index (κ2) is 2.96. The molecule has 1 amide bonds. The van der Waals surface area contributed by atoms with Gasteiger partial charge in [-0.1, -0.05) is 20.8 Å². The smallest absolute Gasteiger partial charge is 0.407 e. The molecule has 1 aliphatic rings. The predicted octanol–water partition coefficient (Wildman–Crippen LogP) is 2.17. The number of hydrogen-bond acceptors (Lipinski definition) is 1. The minimum Gasteiger partial charge on any atom is -0.465 e. The first-order chi connectivity index (χ1) is 5.43. The molecule has 0 aromatic heterocycles. The molecule has 1 heterocycles. The molecule has 1 atom stereocenters. The second-order valence-electron chi connectivity index (χ2n) is 4.50. The van der Waals surface area contributed by atoms with Crippen LogP contribution in [0.4, 0.5) is 4.79 Å². The fraction of sp³-hybridized carbons (Fsp3) is 0.889. The van der Waals surface area contributed by atoms with Gasteiger partial charge in [-0.3, -0.25) is 0 Å². The van der Waals surface area contributed by atoms with Crippen LogP contribution in [-0.2, 0) is 0 Å². The van der Waals surface area contributed by atoms with Crippen molar-refractivity contribution in [2.75, 3.05) is 6.54 Å². The fourth-order valence-corrected chi connectivity index (χ4v) is 1.90. The third kappa shape index (κ3) is 1.71. The third-order valence-electron chi connectivity index (χ3n) is 2.50. The van der Waals surface area contributed by atoms with Crippen LogP contribution in [-0.4, -0.2) is 28.7 Å². The number of nitrogens with zero attached hydrogens (tertiary/aromatic N) is 1. The van der Waals surface area contributed by atoms with Crippen molar-refractivity contribution >= 4 is 6.09 Å². The lowest BCUT2D eigenvalue weighted by Crippen LogP contribution is -2.42. The summed E-state index contributed by atoms with van der Waals surface area (Å²) >= 11 is 0. The molecular formula is C9H17NO2. The first-order valence-electron chi connectivity index (χ1n) is 4.42. The molecule has 1 rings (SSSR count). The van der Waals surface area contributed by atoms with Crippen molar-refractivity contribution in [3.63, 3.8) is 0 Å². The van der Waals surface area contributed by atoms with Crippen molar-refractivity contribution in [1.82, 2.24) is 4.90 Å². The Kier molecular flexibility index (Phi) is 2.31. The van der Waals surface area contributed by atoms with E-state index in [9.17, 15) is 4.79 Å². The largest absolute Gasteiger partial charge is 0.465 e. The van der Waals surface area contributed by atoms with Gasteiger partial charge in [-0.25, -0.2) is 4.79 Å². The third-order valence-corrected chi connectivity index (χ3v) is 2.50. The van der Waals surface area contributed by atoms with E-state index < -0.39 is 6.09 Å². The minimum absolute atomic E-state index is 0.0783. The molecule has 0 saturated carbocycles. The fourth-order valence-electron chi connectivity index (χ4n) is 1.90. The molecule has 3 nitrogen and oxygen atoms in total. The monoisotopic (exact) mass is 171 g/mol. The second-order valence-corrected chi connectivity index (χ2v) is 4.50. The van der Waals surface area contributed by atoms with Gasteiger partial charge in [0.25, 0.3) is 0 Å². The van der Waals surface area contributed by atoms with Crippen molar-refractivity contribution in [3.8, 4) is 0 Å². The normalized spacial score (nSPS) is 24.6. The average molecular weight is 171 g/mol. The van der Waals surface area contributed by atoms with E-state index in [0.717, 1.165) is 12.8 Å². The lowest BCUT2D eigenvalue weighted by molar-refractivity contribution is 0.106. The lowest BCUT2D eigenvalue weighted by Gasteiger charge is -2.33. The van der Waals surface area contributed by atoms with Crippen molar-refractivity contribution < 1.29 is 9.90 Å². The van der Waals surface area contributed by atoms with Crippen molar-refractivity contribution in [2.45, 2.75) is 39.7 Å². The summed E-state index contributed by atoms with van der Waals surface area (Å²) in [7, 11) is 0. The van der Waals surface area contributed by atoms with Gasteiger partial charge >= 0.3 is 6.09 Å². The van der Waals surface area contributed by atoms with Crippen LogP contribution in [0.25, 0.3) is 0 Å². The molecule has 1 aliphatic heterocycles. The Morgan fingerprint density at radius 2 is 2.08 bits per heavy atom. The molecule has 0 aromatic carbocycles. The molecule has 1 fully saturated rings. The summed E-state index contributed by atoms with van der Waals surface area (Å²) in [6.45, 7) is 6.99. The summed E-state index contributed by atoms with van der Waals surface area (Å²) in [5.74, 6) is 0. The number of amides is 1. The summed E-state index contributed by atoms with van der Waals surface area (Å²) < 4.78 is 0. The van der Waals surface area contributed by atoms with Crippen LogP contribution in [0.3, 0.4) is 0 Å². The number of carbonyl (C=O) groups is 1. The highest BCUT2D eigenvalue weighted by Crippen LogP contribution is 2.32. The Morgan fingerprint density at radius 3 is 2.42 bits per heavy atom. The Hall–Kier alpha value is -0.730. The molecule has 3 heteroatoms. The SMILES string of the molecule is CC(C)(C)C1CCCN1C(=O)O. The van der Waals surface area contributed by atoms with E-state index in [1.165, 1.54) is 0 Å². The first kappa shape index (κ1) is 9.36. The maximum Gasteiger partial charge on any atom is 0.407 e. The van der Waals surface area contributed by atoms with Gasteiger partial charge in [0.15, 0.2) is 0 Å². The molecule has 0 radical (unpaired) electrons. The zero-order valence-corrected chi connectivity index (χ0v) is 8.00.